The van der Waals surface area contributed by atoms with Crippen molar-refractivity contribution in [3.63, 3.8) is 0 Å². The minimum absolute atomic E-state index is 0.0512. The lowest BCUT2D eigenvalue weighted by molar-refractivity contribution is -0.150. The van der Waals surface area contributed by atoms with E-state index in [-0.39, 0.29) is 64.6 Å². The van der Waals surface area contributed by atoms with Crippen LogP contribution in [0, 0.1) is 23.0 Å². The molecule has 0 radical (unpaired) electrons. The van der Waals surface area contributed by atoms with Gasteiger partial charge >= 0.3 is 0 Å². The predicted molar refractivity (Wildman–Crippen MR) is 219 cm³/mol. The van der Waals surface area contributed by atoms with E-state index in [2.05, 4.69) is 41.0 Å². The molecule has 9 rings (SSSR count). The molecular formula is C44H49F2N9O4. The van der Waals surface area contributed by atoms with E-state index in [4.69, 9.17) is 0 Å². The number of carbonyl (C=O) groups excluding carboxylic acids is 3. The van der Waals surface area contributed by atoms with Crippen molar-refractivity contribution in [2.45, 2.75) is 88.4 Å². The molecule has 13 nitrogen and oxygen atoms in total. The van der Waals surface area contributed by atoms with Crippen molar-refractivity contribution in [2.75, 3.05) is 41.7 Å². The summed E-state index contributed by atoms with van der Waals surface area (Å²) < 4.78 is 31.7. The number of nitrogens with zero attached hydrogens (tertiary/aromatic N) is 5. The second-order valence-electron chi connectivity index (χ2n) is 17.1. The molecule has 3 saturated heterocycles. The molecule has 5 aliphatic rings. The van der Waals surface area contributed by atoms with Crippen molar-refractivity contribution in [1.82, 2.24) is 30.1 Å². The molecule has 2 aliphatic carbocycles. The van der Waals surface area contributed by atoms with Gasteiger partial charge < -0.3 is 20.9 Å². The normalized spacial score (nSPS) is 23.6. The molecule has 5 fully saturated rings. The van der Waals surface area contributed by atoms with Crippen LogP contribution in [0.3, 0.4) is 0 Å². The number of rotatable bonds is 10. The Labute approximate surface area is 341 Å². The highest BCUT2D eigenvalue weighted by atomic mass is 19.1. The standard InChI is InChI=1S/C44H49F2N9O4/c45-34-21-31(48-36-12-14-38(56)51-42(36)59)11-13-37(34)53-18-15-32(16-19-53)54-25-44(26-54)22-28(23-44)41(58)49-29-7-9-30(10-8-29)50-43-47-24-35(46)40(52-43)27-4-3-5-33(20-27)55-17-2-1-6-39(55)57/h1-6,11,13,17,20-21,24,28-30,32,36,48H,7-10,12,14-16,18-19,22-23,25-26H2,(H,49,58)(H,47,50,52)(H,51,56,59)/t29-,30-,36?. The van der Waals surface area contributed by atoms with E-state index in [0.29, 0.717) is 41.0 Å². The molecule has 3 aliphatic heterocycles. The lowest BCUT2D eigenvalue weighted by Crippen LogP contribution is -2.67. The van der Waals surface area contributed by atoms with Crippen molar-refractivity contribution < 1.29 is 23.2 Å². The number of pyridine rings is 1. The maximum absolute atomic E-state index is 15.2. The third kappa shape index (κ3) is 8.30. The Morgan fingerprint density at radius 3 is 2.36 bits per heavy atom. The molecule has 2 saturated carbocycles. The van der Waals surface area contributed by atoms with Crippen LogP contribution >= 0.6 is 0 Å². The number of anilines is 3. The highest BCUT2D eigenvalue weighted by Gasteiger charge is 2.55. The number of carbonyl (C=O) groups is 3. The van der Waals surface area contributed by atoms with Crippen LogP contribution in [-0.4, -0.2) is 87.5 Å². The summed E-state index contributed by atoms with van der Waals surface area (Å²) in [6, 6.07) is 17.1. The summed E-state index contributed by atoms with van der Waals surface area (Å²) in [4.78, 5) is 62.5. The van der Waals surface area contributed by atoms with Gasteiger partial charge in [-0.1, -0.05) is 18.2 Å². The van der Waals surface area contributed by atoms with E-state index >= 15 is 4.39 Å². The van der Waals surface area contributed by atoms with Gasteiger partial charge in [-0.3, -0.25) is 34.0 Å². The Morgan fingerprint density at radius 2 is 1.61 bits per heavy atom. The van der Waals surface area contributed by atoms with Crippen molar-refractivity contribution in [1.29, 1.82) is 0 Å². The molecule has 4 aromatic rings. The molecule has 1 spiro atoms. The summed E-state index contributed by atoms with van der Waals surface area (Å²) in [6.45, 7) is 3.55. The molecule has 2 aromatic heterocycles. The van der Waals surface area contributed by atoms with Crippen LogP contribution in [0.5, 0.6) is 0 Å². The summed E-state index contributed by atoms with van der Waals surface area (Å²) in [5.74, 6) is -0.988. The van der Waals surface area contributed by atoms with Crippen molar-refractivity contribution >= 4 is 35.0 Å². The third-order valence-corrected chi connectivity index (χ3v) is 13.0. The van der Waals surface area contributed by atoms with E-state index in [9.17, 15) is 23.6 Å². The van der Waals surface area contributed by atoms with Gasteiger partial charge in [0.15, 0.2) is 5.82 Å². The van der Waals surface area contributed by atoms with Crippen LogP contribution < -0.4 is 31.7 Å². The Balaban J connectivity index is 0.691. The van der Waals surface area contributed by atoms with E-state index in [1.54, 1.807) is 54.7 Å². The minimum atomic E-state index is -0.556. The number of hydrogen-bond acceptors (Lipinski definition) is 10. The molecule has 5 heterocycles. The Kier molecular flexibility index (Phi) is 10.6. The lowest BCUT2D eigenvalue weighted by atomic mass is 9.57. The topological polar surface area (TPSA) is 154 Å². The summed E-state index contributed by atoms with van der Waals surface area (Å²) in [6.07, 6.45) is 10.6. The maximum Gasteiger partial charge on any atom is 0.255 e. The molecule has 1 atom stereocenters. The Hall–Kier alpha value is -5.70. The van der Waals surface area contributed by atoms with Crippen molar-refractivity contribution in [3.8, 4) is 16.9 Å². The van der Waals surface area contributed by atoms with E-state index < -0.39 is 11.9 Å². The van der Waals surface area contributed by atoms with E-state index in [0.717, 1.165) is 77.5 Å². The zero-order chi connectivity index (χ0) is 40.7. The van der Waals surface area contributed by atoms with Gasteiger partial charge in [-0.25, -0.2) is 18.7 Å². The lowest BCUT2D eigenvalue weighted by Gasteiger charge is -2.61. The maximum atomic E-state index is 15.2. The van der Waals surface area contributed by atoms with Gasteiger partial charge in [0.25, 0.3) is 5.56 Å². The van der Waals surface area contributed by atoms with Crippen molar-refractivity contribution in [3.05, 3.63) is 95.0 Å². The second kappa shape index (κ2) is 16.2. The molecule has 1 unspecified atom stereocenters. The van der Waals surface area contributed by atoms with E-state index in [1.165, 1.54) is 22.9 Å². The summed E-state index contributed by atoms with van der Waals surface area (Å²) in [7, 11) is 0. The minimum Gasteiger partial charge on any atom is -0.374 e. The number of amides is 3. The molecule has 308 valence electrons. The van der Waals surface area contributed by atoms with Crippen LogP contribution in [-0.2, 0) is 14.4 Å². The molecule has 15 heteroatoms. The van der Waals surface area contributed by atoms with Crippen LogP contribution in [0.15, 0.2) is 77.9 Å². The molecule has 0 bridgehead atoms. The number of aromatic nitrogens is 3. The van der Waals surface area contributed by atoms with Gasteiger partial charge in [-0.2, -0.15) is 0 Å². The highest BCUT2D eigenvalue weighted by molar-refractivity contribution is 6.01. The largest absolute Gasteiger partial charge is 0.374 e. The van der Waals surface area contributed by atoms with Gasteiger partial charge in [0, 0.05) is 85.8 Å². The SMILES string of the molecule is O=C1CCC(Nc2ccc(N3CCC(N4CC5(CC(C(=O)N[C@H]6CC[C@H](Nc7ncc(F)c(-c8cccc(-n9ccccc9=O)c8)n7)CC6)C5)C4)CC3)c(F)c2)C(=O)N1. The fraction of sp³-hybridized carbons (Fsp3) is 0.455. The number of piperidine rings is 2. The molecule has 4 N–H and O–H groups in total. The number of benzene rings is 2. The number of nitrogens with one attached hydrogen (secondary N) is 4. The second-order valence-corrected chi connectivity index (χ2v) is 17.1. The molecular weight excluding hydrogens is 757 g/mol. The first kappa shape index (κ1) is 38.8. The molecule has 59 heavy (non-hydrogen) atoms. The van der Waals surface area contributed by atoms with Crippen LogP contribution in [0.4, 0.5) is 26.1 Å². The number of imide groups is 1. The van der Waals surface area contributed by atoms with Gasteiger partial charge in [0.2, 0.25) is 23.7 Å². The van der Waals surface area contributed by atoms with Crippen LogP contribution in [0.1, 0.15) is 64.2 Å². The highest BCUT2D eigenvalue weighted by Crippen LogP contribution is 2.53. The predicted octanol–water partition coefficient (Wildman–Crippen LogP) is 5.01. The van der Waals surface area contributed by atoms with Gasteiger partial charge in [-0.15, -0.1) is 0 Å². The first-order valence-electron chi connectivity index (χ1n) is 20.8. The number of halogens is 2. The van der Waals surface area contributed by atoms with Gasteiger partial charge in [0.1, 0.15) is 17.6 Å². The first-order valence-corrected chi connectivity index (χ1v) is 20.8. The fourth-order valence-corrected chi connectivity index (χ4v) is 9.83. The van der Waals surface area contributed by atoms with Crippen LogP contribution in [0.2, 0.25) is 0 Å². The monoisotopic (exact) mass is 805 g/mol. The average molecular weight is 806 g/mol. The summed E-state index contributed by atoms with van der Waals surface area (Å²) in [5.41, 5.74) is 2.45. The zero-order valence-electron chi connectivity index (χ0n) is 32.8. The fourth-order valence-electron chi connectivity index (χ4n) is 9.83. The quantitative estimate of drug-likeness (QED) is 0.161. The zero-order valence-corrected chi connectivity index (χ0v) is 32.8. The van der Waals surface area contributed by atoms with Gasteiger partial charge in [0.05, 0.1) is 11.9 Å². The van der Waals surface area contributed by atoms with Crippen molar-refractivity contribution in [2.24, 2.45) is 11.3 Å². The van der Waals surface area contributed by atoms with Gasteiger partial charge in [-0.05, 0) is 99.6 Å². The summed E-state index contributed by atoms with van der Waals surface area (Å²) >= 11 is 0. The molecule has 3 amide bonds. The Bertz CT molecular complexity index is 2290. The number of hydrogen-bond donors (Lipinski definition) is 4. The number of likely N-dealkylation sites (tertiary alicyclic amines) is 1. The third-order valence-electron chi connectivity index (χ3n) is 13.0. The Morgan fingerprint density at radius 1 is 0.831 bits per heavy atom. The average Bonchev–Trinajstić information content (AvgIpc) is 3.20. The van der Waals surface area contributed by atoms with Crippen LogP contribution in [0.25, 0.3) is 16.9 Å². The first-order chi connectivity index (χ1) is 28.6. The molecule has 2 aromatic carbocycles. The summed E-state index contributed by atoms with van der Waals surface area (Å²) in [5, 5.41) is 12.1. The van der Waals surface area contributed by atoms with E-state index in [1.807, 2.05) is 0 Å². The smallest absolute Gasteiger partial charge is 0.255 e.